The number of para-hydroxylation sites is 1. The Hall–Kier alpha value is -2.12. The molecule has 0 bridgehead atoms. The van der Waals surface area contributed by atoms with Crippen molar-refractivity contribution in [2.45, 2.75) is 6.42 Å². The van der Waals surface area contributed by atoms with E-state index >= 15 is 0 Å². The summed E-state index contributed by atoms with van der Waals surface area (Å²) >= 11 is 4.70. The van der Waals surface area contributed by atoms with Crippen molar-refractivity contribution < 1.29 is 9.59 Å². The Morgan fingerprint density at radius 1 is 1.24 bits per heavy atom. The molecule has 0 unspecified atom stereocenters. The number of thiophene rings is 1. The van der Waals surface area contributed by atoms with E-state index in [0.29, 0.717) is 11.4 Å². The Labute approximate surface area is 158 Å². The van der Waals surface area contributed by atoms with Crippen LogP contribution in [0.2, 0.25) is 0 Å². The number of benzene rings is 1. The monoisotopic (exact) mass is 419 g/mol. The van der Waals surface area contributed by atoms with E-state index in [1.54, 1.807) is 13.1 Å². The van der Waals surface area contributed by atoms with Crippen LogP contribution in [-0.2, 0) is 11.2 Å². The maximum Gasteiger partial charge on any atom is 0.264 e. The second-order valence-electron chi connectivity index (χ2n) is 5.72. The molecule has 0 saturated heterocycles. The molecule has 0 fully saturated rings. The van der Waals surface area contributed by atoms with Gasteiger partial charge in [-0.25, -0.2) is 0 Å². The number of carbonyl (C=O) groups is 2. The van der Waals surface area contributed by atoms with E-state index in [1.165, 1.54) is 27.2 Å². The zero-order valence-electron chi connectivity index (χ0n) is 13.7. The van der Waals surface area contributed by atoms with E-state index in [9.17, 15) is 9.59 Å². The summed E-state index contributed by atoms with van der Waals surface area (Å²) in [5.74, 6) is -0.311. The van der Waals surface area contributed by atoms with Gasteiger partial charge in [0.15, 0.2) is 0 Å². The number of hydrogen-bond acceptors (Lipinski definition) is 3. The Morgan fingerprint density at radius 2 is 2.04 bits per heavy atom. The first-order chi connectivity index (χ1) is 12.0. The predicted molar refractivity (Wildman–Crippen MR) is 104 cm³/mol. The fourth-order valence-corrected chi connectivity index (χ4v) is 4.02. The first-order valence-corrected chi connectivity index (χ1v) is 9.48. The van der Waals surface area contributed by atoms with Gasteiger partial charge in [0.25, 0.3) is 5.91 Å². The fourth-order valence-electron chi connectivity index (χ4n) is 2.64. The summed E-state index contributed by atoms with van der Waals surface area (Å²) in [6.07, 6.45) is 2.71. The number of aromatic nitrogens is 1. The number of nitrogens with one attached hydrogen (secondary N) is 2. The number of nitrogens with zero attached hydrogens (tertiary/aromatic N) is 1. The van der Waals surface area contributed by atoms with Gasteiger partial charge in [-0.1, -0.05) is 18.2 Å². The molecule has 2 N–H and O–H groups in total. The number of fused-ring (bicyclic) bond motifs is 1. The molecule has 3 aromatic rings. The number of rotatable bonds is 6. The van der Waals surface area contributed by atoms with Gasteiger partial charge in [0.1, 0.15) is 0 Å². The average molecular weight is 420 g/mol. The van der Waals surface area contributed by atoms with Crippen molar-refractivity contribution in [3.05, 3.63) is 56.8 Å². The topological polar surface area (TPSA) is 65.2 Å². The van der Waals surface area contributed by atoms with Crippen LogP contribution in [-0.4, -0.2) is 41.8 Å². The standard InChI is InChI=1S/C18H18BrN3O2S/c1-22(18(24)15-6-7-16(19)25-15)11-17(23)20-9-8-12-10-21-14-5-3-2-4-13(12)14/h2-7,10,21H,8-9,11H2,1H3,(H,20,23). The van der Waals surface area contributed by atoms with Crippen LogP contribution in [0.5, 0.6) is 0 Å². The highest BCUT2D eigenvalue weighted by Crippen LogP contribution is 2.23. The van der Waals surface area contributed by atoms with Gasteiger partial charge in [0.05, 0.1) is 15.2 Å². The van der Waals surface area contributed by atoms with Crippen molar-refractivity contribution in [3.63, 3.8) is 0 Å². The van der Waals surface area contributed by atoms with E-state index in [0.717, 1.165) is 15.7 Å². The summed E-state index contributed by atoms with van der Waals surface area (Å²) in [7, 11) is 1.63. The van der Waals surface area contributed by atoms with Gasteiger partial charge in [-0.3, -0.25) is 9.59 Å². The molecule has 0 radical (unpaired) electrons. The third kappa shape index (κ3) is 4.29. The van der Waals surface area contributed by atoms with Crippen molar-refractivity contribution in [2.75, 3.05) is 20.1 Å². The number of amides is 2. The molecule has 0 aliphatic carbocycles. The number of carbonyl (C=O) groups excluding carboxylic acids is 2. The average Bonchev–Trinajstić information content (AvgIpc) is 3.21. The van der Waals surface area contributed by atoms with E-state index in [2.05, 4.69) is 32.3 Å². The first kappa shape index (κ1) is 17.7. The highest BCUT2D eigenvalue weighted by atomic mass is 79.9. The lowest BCUT2D eigenvalue weighted by Gasteiger charge is -2.15. The molecule has 2 heterocycles. The van der Waals surface area contributed by atoms with Crippen LogP contribution < -0.4 is 5.32 Å². The normalized spacial score (nSPS) is 10.8. The van der Waals surface area contributed by atoms with Crippen LogP contribution in [0.15, 0.2) is 46.4 Å². The van der Waals surface area contributed by atoms with E-state index in [-0.39, 0.29) is 18.4 Å². The van der Waals surface area contributed by atoms with Gasteiger partial charge in [-0.15, -0.1) is 11.3 Å². The number of H-pyrrole nitrogens is 1. The molecule has 0 spiro atoms. The van der Waals surface area contributed by atoms with Crippen molar-refractivity contribution in [1.29, 1.82) is 0 Å². The van der Waals surface area contributed by atoms with Crippen LogP contribution in [0.1, 0.15) is 15.2 Å². The minimum atomic E-state index is -0.161. The summed E-state index contributed by atoms with van der Waals surface area (Å²) < 4.78 is 0.896. The van der Waals surface area contributed by atoms with Crippen molar-refractivity contribution in [2.24, 2.45) is 0 Å². The molecule has 0 aliphatic rings. The van der Waals surface area contributed by atoms with Crippen LogP contribution >= 0.6 is 27.3 Å². The molecular weight excluding hydrogens is 402 g/mol. The molecule has 25 heavy (non-hydrogen) atoms. The molecule has 2 aromatic heterocycles. The summed E-state index contributed by atoms with van der Waals surface area (Å²) in [6.45, 7) is 0.579. The van der Waals surface area contributed by atoms with Gasteiger partial charge >= 0.3 is 0 Å². The van der Waals surface area contributed by atoms with Gasteiger partial charge in [0, 0.05) is 30.7 Å². The molecule has 7 heteroatoms. The molecule has 5 nitrogen and oxygen atoms in total. The molecule has 2 amide bonds. The van der Waals surface area contributed by atoms with E-state index in [4.69, 9.17) is 0 Å². The van der Waals surface area contributed by atoms with Crippen molar-refractivity contribution >= 4 is 50.0 Å². The molecule has 0 aliphatic heterocycles. The quantitative estimate of drug-likeness (QED) is 0.642. The van der Waals surface area contributed by atoms with Gasteiger partial charge in [-0.2, -0.15) is 0 Å². The second-order valence-corrected chi connectivity index (χ2v) is 8.19. The number of halogens is 1. The number of aromatic amines is 1. The zero-order valence-corrected chi connectivity index (χ0v) is 16.1. The largest absolute Gasteiger partial charge is 0.361 e. The summed E-state index contributed by atoms with van der Waals surface area (Å²) in [5, 5.41) is 4.05. The zero-order chi connectivity index (χ0) is 17.8. The summed E-state index contributed by atoms with van der Waals surface area (Å²) in [5.41, 5.74) is 2.26. The smallest absolute Gasteiger partial charge is 0.264 e. The number of likely N-dealkylation sites (N-methyl/N-ethyl adjacent to an activating group) is 1. The SMILES string of the molecule is CN(CC(=O)NCCc1c[nH]c2ccccc12)C(=O)c1ccc(Br)s1. The lowest BCUT2D eigenvalue weighted by Crippen LogP contribution is -2.38. The molecule has 130 valence electrons. The lowest BCUT2D eigenvalue weighted by atomic mass is 10.1. The minimum Gasteiger partial charge on any atom is -0.361 e. The Morgan fingerprint density at radius 3 is 2.80 bits per heavy atom. The minimum absolute atomic E-state index is 0.0439. The first-order valence-electron chi connectivity index (χ1n) is 7.87. The number of hydrogen-bond donors (Lipinski definition) is 2. The highest BCUT2D eigenvalue weighted by Gasteiger charge is 2.16. The van der Waals surface area contributed by atoms with Crippen LogP contribution in [0.3, 0.4) is 0 Å². The fraction of sp³-hybridized carbons (Fsp3) is 0.222. The second kappa shape index (κ2) is 7.84. The highest BCUT2D eigenvalue weighted by molar-refractivity contribution is 9.11. The maximum atomic E-state index is 12.2. The van der Waals surface area contributed by atoms with Gasteiger partial charge in [-0.05, 0) is 46.1 Å². The van der Waals surface area contributed by atoms with E-state index < -0.39 is 0 Å². The maximum absolute atomic E-state index is 12.2. The van der Waals surface area contributed by atoms with Crippen LogP contribution in [0, 0.1) is 0 Å². The Balaban J connectivity index is 1.48. The van der Waals surface area contributed by atoms with Crippen molar-refractivity contribution in [3.8, 4) is 0 Å². The Kier molecular flexibility index (Phi) is 5.55. The lowest BCUT2D eigenvalue weighted by molar-refractivity contribution is -0.121. The van der Waals surface area contributed by atoms with Crippen LogP contribution in [0.25, 0.3) is 10.9 Å². The molecule has 1 aromatic carbocycles. The van der Waals surface area contributed by atoms with Crippen LogP contribution in [0.4, 0.5) is 0 Å². The predicted octanol–water partition coefficient (Wildman–Crippen LogP) is 3.42. The third-order valence-corrected chi connectivity index (χ3v) is 5.51. The van der Waals surface area contributed by atoms with Gasteiger partial charge < -0.3 is 15.2 Å². The molecule has 0 atom stereocenters. The Bertz CT molecular complexity index is 903. The molecule has 0 saturated carbocycles. The molecule has 3 rings (SSSR count). The van der Waals surface area contributed by atoms with Crippen molar-refractivity contribution in [1.82, 2.24) is 15.2 Å². The summed E-state index contributed by atoms with van der Waals surface area (Å²) in [6, 6.07) is 11.7. The third-order valence-electron chi connectivity index (χ3n) is 3.90. The summed E-state index contributed by atoms with van der Waals surface area (Å²) in [4.78, 5) is 29.6. The van der Waals surface area contributed by atoms with E-state index in [1.807, 2.05) is 30.5 Å². The van der Waals surface area contributed by atoms with Gasteiger partial charge in [0.2, 0.25) is 5.91 Å². The molecular formula is C18H18BrN3O2S.